The average Bonchev–Trinajstić information content (AvgIpc) is 2.66. The van der Waals surface area contributed by atoms with Gasteiger partial charge in [0.05, 0.1) is 0 Å². The van der Waals surface area contributed by atoms with Crippen LogP contribution < -0.4 is 15.5 Å². The second-order valence-electron chi connectivity index (χ2n) is 9.57. The minimum Gasteiger partial charge on any atom is -0.367 e. The van der Waals surface area contributed by atoms with E-state index in [0.29, 0.717) is 12.1 Å². The number of hydrogen-bond acceptors (Lipinski definition) is 5. The van der Waals surface area contributed by atoms with E-state index in [4.69, 9.17) is 0 Å². The van der Waals surface area contributed by atoms with Crippen molar-refractivity contribution in [1.29, 1.82) is 0 Å². The third-order valence-electron chi connectivity index (χ3n) is 5.78. The highest BCUT2D eigenvalue weighted by molar-refractivity contribution is 5.49. The van der Waals surface area contributed by atoms with Crippen molar-refractivity contribution >= 4 is 11.6 Å². The summed E-state index contributed by atoms with van der Waals surface area (Å²) in [6, 6.07) is 12.2. The van der Waals surface area contributed by atoms with Crippen molar-refractivity contribution in [3.63, 3.8) is 0 Å². The van der Waals surface area contributed by atoms with Gasteiger partial charge in [0.1, 0.15) is 17.5 Å². The van der Waals surface area contributed by atoms with Gasteiger partial charge >= 0.3 is 0 Å². The fraction of sp³-hybridized carbons (Fsp3) is 0.583. The van der Waals surface area contributed by atoms with Crippen molar-refractivity contribution in [3.8, 4) is 0 Å². The summed E-state index contributed by atoms with van der Waals surface area (Å²) in [6.07, 6.45) is 4.73. The summed E-state index contributed by atoms with van der Waals surface area (Å²) in [5, 5.41) is 7.38. The summed E-state index contributed by atoms with van der Waals surface area (Å²) in [5.41, 5.74) is 2.98. The fourth-order valence-corrected chi connectivity index (χ4v) is 3.89. The Morgan fingerprint density at radius 3 is 2.17 bits per heavy atom. The molecule has 2 N–H and O–H groups in total. The molecule has 0 spiro atoms. The number of hydrogen-bond donors (Lipinski definition) is 2. The van der Waals surface area contributed by atoms with Crippen molar-refractivity contribution in [2.75, 3.05) is 24.3 Å². The van der Waals surface area contributed by atoms with Crippen LogP contribution >= 0.6 is 0 Å². The van der Waals surface area contributed by atoms with Crippen LogP contribution in [0.25, 0.3) is 0 Å². The Labute approximate surface area is 176 Å². The van der Waals surface area contributed by atoms with Crippen LogP contribution in [-0.2, 0) is 12.0 Å². The van der Waals surface area contributed by atoms with E-state index in [1.165, 1.54) is 36.8 Å². The van der Waals surface area contributed by atoms with Gasteiger partial charge in [-0.05, 0) is 49.1 Å². The van der Waals surface area contributed by atoms with Gasteiger partial charge in [0.2, 0.25) is 0 Å². The van der Waals surface area contributed by atoms with Gasteiger partial charge in [0, 0.05) is 38.8 Å². The lowest BCUT2D eigenvalue weighted by Gasteiger charge is -2.30. The quantitative estimate of drug-likeness (QED) is 0.745. The summed E-state index contributed by atoms with van der Waals surface area (Å²) in [6.45, 7) is 9.68. The molecule has 3 rings (SSSR count). The first-order chi connectivity index (χ1) is 13.7. The predicted octanol–water partition coefficient (Wildman–Crippen LogP) is 4.66. The zero-order valence-corrected chi connectivity index (χ0v) is 18.9. The van der Waals surface area contributed by atoms with E-state index in [-0.39, 0.29) is 5.41 Å². The molecule has 0 amide bonds. The van der Waals surface area contributed by atoms with Gasteiger partial charge in [-0.2, -0.15) is 0 Å². The Balaban J connectivity index is 1.46. The van der Waals surface area contributed by atoms with Crippen LogP contribution in [0.3, 0.4) is 0 Å². The molecule has 1 aromatic carbocycles. The number of benzene rings is 1. The highest BCUT2D eigenvalue weighted by atomic mass is 15.2. The number of rotatable bonds is 6. The molecular formula is C24H37N5. The van der Waals surface area contributed by atoms with E-state index in [1.807, 2.05) is 32.0 Å². The molecule has 0 aliphatic heterocycles. The summed E-state index contributed by atoms with van der Waals surface area (Å²) in [4.78, 5) is 11.1. The Kier molecular flexibility index (Phi) is 6.78. The summed E-state index contributed by atoms with van der Waals surface area (Å²) >= 11 is 0. The first-order valence-corrected chi connectivity index (χ1v) is 10.8. The first-order valence-electron chi connectivity index (χ1n) is 10.8. The Morgan fingerprint density at radius 1 is 0.966 bits per heavy atom. The van der Waals surface area contributed by atoms with Crippen molar-refractivity contribution in [2.24, 2.45) is 0 Å². The molecule has 1 aliphatic carbocycles. The highest BCUT2D eigenvalue weighted by Gasteiger charge is 2.21. The van der Waals surface area contributed by atoms with E-state index in [9.17, 15) is 0 Å². The number of nitrogens with one attached hydrogen (secondary N) is 2. The fourth-order valence-electron chi connectivity index (χ4n) is 3.89. The second kappa shape index (κ2) is 9.12. The summed E-state index contributed by atoms with van der Waals surface area (Å²) in [7, 11) is 4.03. The minimum absolute atomic E-state index is 0.215. The molecule has 1 aliphatic rings. The Hall–Kier alpha value is -2.14. The summed E-state index contributed by atoms with van der Waals surface area (Å²) in [5.74, 6) is 2.70. The average molecular weight is 396 g/mol. The van der Waals surface area contributed by atoms with Crippen molar-refractivity contribution in [3.05, 3.63) is 47.3 Å². The third kappa shape index (κ3) is 6.17. The maximum Gasteiger partial charge on any atom is 0.133 e. The lowest BCUT2D eigenvalue weighted by Crippen LogP contribution is -2.36. The van der Waals surface area contributed by atoms with Crippen LogP contribution in [0.1, 0.15) is 63.4 Å². The van der Waals surface area contributed by atoms with Crippen LogP contribution in [0, 0.1) is 6.92 Å². The van der Waals surface area contributed by atoms with Crippen LogP contribution in [0.4, 0.5) is 11.6 Å². The lowest BCUT2D eigenvalue weighted by atomic mass is 9.86. The molecule has 0 atom stereocenters. The van der Waals surface area contributed by atoms with Gasteiger partial charge < -0.3 is 15.5 Å². The molecule has 0 bridgehead atoms. The molecule has 0 radical (unpaired) electrons. The van der Waals surface area contributed by atoms with Crippen LogP contribution in [0.15, 0.2) is 30.3 Å². The third-order valence-corrected chi connectivity index (χ3v) is 5.78. The molecule has 5 nitrogen and oxygen atoms in total. The van der Waals surface area contributed by atoms with Crippen molar-refractivity contribution in [1.82, 2.24) is 15.3 Å². The molecule has 29 heavy (non-hydrogen) atoms. The van der Waals surface area contributed by atoms with Gasteiger partial charge in [0.25, 0.3) is 0 Å². The van der Waals surface area contributed by atoms with Gasteiger partial charge in [0.15, 0.2) is 0 Å². The van der Waals surface area contributed by atoms with Crippen molar-refractivity contribution in [2.45, 2.75) is 77.4 Å². The molecular weight excluding hydrogens is 358 g/mol. The number of aromatic nitrogens is 2. The number of anilines is 2. The zero-order valence-electron chi connectivity index (χ0n) is 18.9. The smallest absolute Gasteiger partial charge is 0.133 e. The molecule has 1 heterocycles. The lowest BCUT2D eigenvalue weighted by molar-refractivity contribution is 0.352. The topological polar surface area (TPSA) is 53.1 Å². The monoisotopic (exact) mass is 395 g/mol. The van der Waals surface area contributed by atoms with Crippen LogP contribution in [0.5, 0.6) is 0 Å². The van der Waals surface area contributed by atoms with Gasteiger partial charge in [-0.3, -0.25) is 0 Å². The molecule has 1 saturated carbocycles. The maximum absolute atomic E-state index is 4.57. The standard InChI is InChI=1S/C24H37N5/c1-17-26-22(15-23(27-17)29(5)6)28-21-13-11-20(12-14-21)25-16-18-7-9-19(10-8-18)24(2,3)4/h7-10,15,20-21,25H,11-14,16H2,1-6H3,(H,26,27,28). The molecule has 1 fully saturated rings. The molecule has 1 aromatic heterocycles. The Morgan fingerprint density at radius 2 is 1.59 bits per heavy atom. The SMILES string of the molecule is Cc1nc(NC2CCC(NCc3ccc(C(C)(C)C)cc3)CC2)cc(N(C)C)n1. The van der Waals surface area contributed by atoms with Gasteiger partial charge in [-0.15, -0.1) is 0 Å². The van der Waals surface area contributed by atoms with Crippen LogP contribution in [-0.4, -0.2) is 36.1 Å². The molecule has 2 aromatic rings. The largest absolute Gasteiger partial charge is 0.367 e. The van der Waals surface area contributed by atoms with E-state index in [0.717, 1.165) is 24.0 Å². The normalized spacial score (nSPS) is 19.8. The second-order valence-corrected chi connectivity index (χ2v) is 9.57. The highest BCUT2D eigenvalue weighted by Crippen LogP contribution is 2.24. The summed E-state index contributed by atoms with van der Waals surface area (Å²) < 4.78 is 0. The van der Waals surface area contributed by atoms with E-state index in [2.05, 4.69) is 65.6 Å². The predicted molar refractivity (Wildman–Crippen MR) is 123 cm³/mol. The van der Waals surface area contributed by atoms with E-state index in [1.54, 1.807) is 0 Å². The molecule has 0 unspecified atom stereocenters. The number of aryl methyl sites for hydroxylation is 1. The molecule has 5 heteroatoms. The Bertz CT molecular complexity index is 784. The number of nitrogens with zero attached hydrogens (tertiary/aromatic N) is 3. The molecule has 0 saturated heterocycles. The van der Waals surface area contributed by atoms with Crippen LogP contribution in [0.2, 0.25) is 0 Å². The van der Waals surface area contributed by atoms with E-state index >= 15 is 0 Å². The zero-order chi connectivity index (χ0) is 21.0. The first kappa shape index (κ1) is 21.6. The van der Waals surface area contributed by atoms with E-state index < -0.39 is 0 Å². The van der Waals surface area contributed by atoms with Gasteiger partial charge in [-0.25, -0.2) is 9.97 Å². The maximum atomic E-state index is 4.57. The minimum atomic E-state index is 0.215. The molecule has 158 valence electrons. The van der Waals surface area contributed by atoms with Gasteiger partial charge in [-0.1, -0.05) is 45.0 Å². The van der Waals surface area contributed by atoms with Crippen molar-refractivity contribution < 1.29 is 0 Å².